The van der Waals surface area contributed by atoms with Crippen molar-refractivity contribution < 1.29 is 9.59 Å². The van der Waals surface area contributed by atoms with Crippen LogP contribution in [-0.2, 0) is 11.2 Å². The molecule has 0 spiro atoms. The van der Waals surface area contributed by atoms with Crippen LogP contribution in [0.5, 0.6) is 0 Å². The van der Waals surface area contributed by atoms with Crippen LogP contribution in [0.15, 0.2) is 52.9 Å². The summed E-state index contributed by atoms with van der Waals surface area (Å²) in [6.07, 6.45) is 1.96. The van der Waals surface area contributed by atoms with Gasteiger partial charge in [0.2, 0.25) is 11.0 Å². The molecule has 2 heterocycles. The minimum Gasteiger partial charge on any atom is -0.311 e. The second-order valence-corrected chi connectivity index (χ2v) is 8.98. The highest BCUT2D eigenvalue weighted by atomic mass is 35.5. The van der Waals surface area contributed by atoms with E-state index in [1.165, 1.54) is 28.7 Å². The number of nitrogens with zero attached hydrogens (tertiary/aromatic N) is 3. The summed E-state index contributed by atoms with van der Waals surface area (Å²) in [5.74, 6) is -0.0372. The lowest BCUT2D eigenvalue weighted by Crippen LogP contribution is -2.36. The molecule has 0 aliphatic carbocycles. The molecule has 4 rings (SSSR count). The van der Waals surface area contributed by atoms with Gasteiger partial charge in [-0.2, -0.15) is 0 Å². The topological polar surface area (TPSA) is 75.2 Å². The summed E-state index contributed by atoms with van der Waals surface area (Å²) in [5, 5.41) is 11.5. The number of carbonyl (C=O) groups excluding carboxylic acids is 2. The molecule has 6 nitrogen and oxygen atoms in total. The second-order valence-electron chi connectivity index (χ2n) is 6.37. The monoisotopic (exact) mass is 444 g/mol. The summed E-state index contributed by atoms with van der Waals surface area (Å²) in [4.78, 5) is 26.9. The van der Waals surface area contributed by atoms with E-state index in [4.69, 9.17) is 11.6 Å². The smallest absolute Gasteiger partial charge is 0.259 e. The molecule has 0 unspecified atom stereocenters. The van der Waals surface area contributed by atoms with E-state index in [-0.39, 0.29) is 17.6 Å². The molecule has 3 aromatic rings. The Morgan fingerprint density at radius 3 is 2.79 bits per heavy atom. The van der Waals surface area contributed by atoms with Crippen LogP contribution in [-0.4, -0.2) is 34.3 Å². The van der Waals surface area contributed by atoms with Crippen molar-refractivity contribution in [1.29, 1.82) is 0 Å². The fourth-order valence-electron chi connectivity index (χ4n) is 3.12. The van der Waals surface area contributed by atoms with Crippen molar-refractivity contribution >= 4 is 57.3 Å². The van der Waals surface area contributed by atoms with Gasteiger partial charge in [-0.3, -0.25) is 14.9 Å². The van der Waals surface area contributed by atoms with E-state index in [0.29, 0.717) is 20.1 Å². The summed E-state index contributed by atoms with van der Waals surface area (Å²) in [6, 6.07) is 14.8. The maximum absolute atomic E-state index is 12.7. The number of thioether (sulfide) groups is 1. The first-order valence-corrected chi connectivity index (χ1v) is 11.2. The third kappa shape index (κ3) is 4.60. The Morgan fingerprint density at radius 2 is 1.93 bits per heavy atom. The van der Waals surface area contributed by atoms with Gasteiger partial charge < -0.3 is 4.90 Å². The summed E-state index contributed by atoms with van der Waals surface area (Å²) < 4.78 is 0.623. The summed E-state index contributed by atoms with van der Waals surface area (Å²) >= 11 is 8.60. The van der Waals surface area contributed by atoms with E-state index in [1.807, 2.05) is 23.1 Å². The van der Waals surface area contributed by atoms with Gasteiger partial charge in [-0.25, -0.2) is 0 Å². The molecule has 2 amide bonds. The number of hydrogen-bond donors (Lipinski definition) is 1. The number of amides is 2. The van der Waals surface area contributed by atoms with Gasteiger partial charge in [-0.05, 0) is 36.6 Å². The number of nitrogens with one attached hydrogen (secondary N) is 1. The molecule has 148 valence electrons. The quantitative estimate of drug-likeness (QED) is 0.462. The first-order chi connectivity index (χ1) is 14.1. The third-order valence-electron chi connectivity index (χ3n) is 4.48. The van der Waals surface area contributed by atoms with Crippen LogP contribution >= 0.6 is 34.7 Å². The molecule has 0 saturated carbocycles. The lowest BCUT2D eigenvalue weighted by atomic mass is 10.0. The number of carbonyl (C=O) groups is 2. The van der Waals surface area contributed by atoms with E-state index >= 15 is 0 Å². The molecule has 1 aliphatic rings. The molecule has 0 saturated heterocycles. The van der Waals surface area contributed by atoms with Crippen molar-refractivity contribution in [3.63, 3.8) is 0 Å². The van der Waals surface area contributed by atoms with Gasteiger partial charge in [-0.1, -0.05) is 65.0 Å². The molecular weight excluding hydrogens is 428 g/mol. The highest BCUT2D eigenvalue weighted by molar-refractivity contribution is 8.01. The van der Waals surface area contributed by atoms with E-state index in [9.17, 15) is 9.59 Å². The minimum absolute atomic E-state index is 0.0407. The number of benzene rings is 2. The maximum atomic E-state index is 12.7. The van der Waals surface area contributed by atoms with Crippen molar-refractivity contribution in [2.75, 3.05) is 22.5 Å². The molecule has 9 heteroatoms. The highest BCUT2D eigenvalue weighted by Crippen LogP contribution is 2.30. The zero-order valence-electron chi connectivity index (χ0n) is 15.3. The summed E-state index contributed by atoms with van der Waals surface area (Å²) in [5.41, 5.74) is 2.57. The van der Waals surface area contributed by atoms with Gasteiger partial charge >= 0.3 is 0 Å². The fourth-order valence-corrected chi connectivity index (χ4v) is 4.97. The number of halogens is 1. The molecule has 2 aromatic carbocycles. The summed E-state index contributed by atoms with van der Waals surface area (Å²) in [7, 11) is 0. The molecule has 1 aromatic heterocycles. The van der Waals surface area contributed by atoms with Crippen LogP contribution in [0.3, 0.4) is 0 Å². The van der Waals surface area contributed by atoms with Crippen LogP contribution < -0.4 is 10.2 Å². The van der Waals surface area contributed by atoms with Crippen LogP contribution in [0.25, 0.3) is 0 Å². The van der Waals surface area contributed by atoms with Crippen LogP contribution in [0, 0.1) is 0 Å². The van der Waals surface area contributed by atoms with Crippen LogP contribution in [0.4, 0.5) is 10.8 Å². The fraction of sp³-hybridized carbons (Fsp3) is 0.200. The van der Waals surface area contributed by atoms with E-state index < -0.39 is 0 Å². The summed E-state index contributed by atoms with van der Waals surface area (Å²) in [6.45, 7) is 0.728. The van der Waals surface area contributed by atoms with Crippen LogP contribution in [0.1, 0.15) is 22.3 Å². The number of aryl methyl sites for hydroxylation is 1. The van der Waals surface area contributed by atoms with Crippen molar-refractivity contribution in [1.82, 2.24) is 10.2 Å². The molecule has 0 atom stereocenters. The van der Waals surface area contributed by atoms with Gasteiger partial charge in [0.1, 0.15) is 0 Å². The minimum atomic E-state index is -0.343. The van der Waals surface area contributed by atoms with Crippen molar-refractivity contribution in [2.45, 2.75) is 17.2 Å². The molecule has 0 radical (unpaired) electrons. The van der Waals surface area contributed by atoms with E-state index in [0.717, 1.165) is 25.1 Å². The Morgan fingerprint density at radius 1 is 1.14 bits per heavy atom. The molecule has 29 heavy (non-hydrogen) atoms. The number of aromatic nitrogens is 2. The molecule has 1 N–H and O–H groups in total. The van der Waals surface area contributed by atoms with Crippen molar-refractivity contribution in [3.8, 4) is 0 Å². The van der Waals surface area contributed by atoms with Gasteiger partial charge in [0.05, 0.1) is 16.3 Å². The van der Waals surface area contributed by atoms with Gasteiger partial charge in [-0.15, -0.1) is 10.2 Å². The zero-order chi connectivity index (χ0) is 20.2. The third-order valence-corrected chi connectivity index (χ3v) is 6.76. The Kier molecular flexibility index (Phi) is 6.13. The Hall–Kier alpha value is -2.42. The average Bonchev–Trinajstić information content (AvgIpc) is 3.19. The van der Waals surface area contributed by atoms with Crippen molar-refractivity contribution in [3.05, 3.63) is 64.7 Å². The zero-order valence-corrected chi connectivity index (χ0v) is 17.7. The van der Waals surface area contributed by atoms with Crippen molar-refractivity contribution in [2.24, 2.45) is 0 Å². The molecule has 0 bridgehead atoms. The standard InChI is InChI=1S/C20H17ClN4O2S2/c21-15-9-3-2-8-14(15)18(27)22-19-23-24-20(29-19)28-12-17(26)25-11-5-7-13-6-1-4-10-16(13)25/h1-4,6,8-10H,5,7,11-12H2,(H,22,23,27). The van der Waals surface area contributed by atoms with E-state index in [1.54, 1.807) is 24.3 Å². The lowest BCUT2D eigenvalue weighted by Gasteiger charge is -2.29. The maximum Gasteiger partial charge on any atom is 0.259 e. The lowest BCUT2D eigenvalue weighted by molar-refractivity contribution is -0.116. The number of hydrogen-bond acceptors (Lipinski definition) is 6. The first kappa shape index (κ1) is 19.9. The van der Waals surface area contributed by atoms with Gasteiger partial charge in [0.25, 0.3) is 5.91 Å². The van der Waals surface area contributed by atoms with Gasteiger partial charge in [0, 0.05) is 12.2 Å². The highest BCUT2D eigenvalue weighted by Gasteiger charge is 2.22. The number of fused-ring (bicyclic) bond motifs is 1. The van der Waals surface area contributed by atoms with Gasteiger partial charge in [0.15, 0.2) is 4.34 Å². The largest absolute Gasteiger partial charge is 0.311 e. The SMILES string of the molecule is O=C(Nc1nnc(SCC(=O)N2CCCc3ccccc32)s1)c1ccccc1Cl. The molecule has 1 aliphatic heterocycles. The predicted octanol–water partition coefficient (Wildman–Crippen LogP) is 4.52. The Balaban J connectivity index is 1.36. The predicted molar refractivity (Wildman–Crippen MR) is 117 cm³/mol. The second kappa shape index (κ2) is 8.94. The normalized spacial score (nSPS) is 13.1. The number of rotatable bonds is 5. The Bertz CT molecular complexity index is 1060. The van der Waals surface area contributed by atoms with Crippen LogP contribution in [0.2, 0.25) is 5.02 Å². The molecule has 0 fully saturated rings. The number of para-hydroxylation sites is 1. The number of anilines is 2. The first-order valence-electron chi connectivity index (χ1n) is 9.02. The van der Waals surface area contributed by atoms with E-state index in [2.05, 4.69) is 21.6 Å². The average molecular weight is 445 g/mol. The Labute approximate surface area is 181 Å². The molecular formula is C20H17ClN4O2S2.